The van der Waals surface area contributed by atoms with Crippen LogP contribution in [0.2, 0.25) is 0 Å². The predicted molar refractivity (Wildman–Crippen MR) is 108 cm³/mol. The van der Waals surface area contributed by atoms with Crippen LogP contribution < -0.4 is 10.2 Å². The van der Waals surface area contributed by atoms with Gasteiger partial charge in [0.25, 0.3) is 5.91 Å². The summed E-state index contributed by atoms with van der Waals surface area (Å²) in [5, 5.41) is 3.02. The third-order valence-corrected chi connectivity index (χ3v) is 5.15. The fraction of sp³-hybridized carbons (Fsp3) is 0.409. The molecule has 5 heteroatoms. The molecule has 2 aromatic carbocycles. The van der Waals surface area contributed by atoms with Crippen LogP contribution in [0.15, 0.2) is 48.5 Å². The number of piperazine rings is 1. The van der Waals surface area contributed by atoms with Crippen molar-refractivity contribution in [3.05, 3.63) is 65.5 Å². The minimum atomic E-state index is -0.199. The van der Waals surface area contributed by atoms with Gasteiger partial charge in [-0.25, -0.2) is 4.39 Å². The van der Waals surface area contributed by atoms with Crippen molar-refractivity contribution >= 4 is 11.6 Å². The molecule has 0 spiro atoms. The molecule has 2 aromatic rings. The molecule has 144 valence electrons. The molecule has 0 saturated carbocycles. The first kappa shape index (κ1) is 19.4. The summed E-state index contributed by atoms with van der Waals surface area (Å²) in [5.74, 6) is -0.207. The Balaban J connectivity index is 1.55. The normalized spacial score (nSPS) is 16.2. The Bertz CT molecular complexity index is 754. The second-order valence-corrected chi connectivity index (χ2v) is 7.22. The Kier molecular flexibility index (Phi) is 6.45. The van der Waals surface area contributed by atoms with E-state index in [2.05, 4.69) is 28.1 Å². The van der Waals surface area contributed by atoms with Gasteiger partial charge < -0.3 is 10.2 Å². The first-order valence-electron chi connectivity index (χ1n) is 9.68. The van der Waals surface area contributed by atoms with Gasteiger partial charge in [0.15, 0.2) is 0 Å². The fourth-order valence-electron chi connectivity index (χ4n) is 3.29. The van der Waals surface area contributed by atoms with E-state index >= 15 is 0 Å². The highest BCUT2D eigenvalue weighted by atomic mass is 19.1. The Hall–Kier alpha value is -2.40. The number of benzene rings is 2. The largest absolute Gasteiger partial charge is 0.369 e. The molecule has 1 aliphatic heterocycles. The van der Waals surface area contributed by atoms with Crippen LogP contribution in [0.4, 0.5) is 10.1 Å². The maximum Gasteiger partial charge on any atom is 0.251 e. The lowest BCUT2D eigenvalue weighted by Crippen LogP contribution is -2.46. The summed E-state index contributed by atoms with van der Waals surface area (Å²) in [7, 11) is 0. The predicted octanol–water partition coefficient (Wildman–Crippen LogP) is 3.68. The van der Waals surface area contributed by atoms with Crippen molar-refractivity contribution in [2.24, 2.45) is 0 Å². The average Bonchev–Trinajstić information content (AvgIpc) is 2.69. The molecule has 4 nitrogen and oxygen atoms in total. The lowest BCUT2D eigenvalue weighted by Gasteiger charge is -2.36. The SMILES string of the molecule is CCC(C)NC(=O)c1cccc(CN2CCN(c3ccc(F)cc3)CC2)c1. The van der Waals surface area contributed by atoms with Crippen molar-refractivity contribution in [3.8, 4) is 0 Å². The van der Waals surface area contributed by atoms with Crippen LogP contribution in [0.25, 0.3) is 0 Å². The molecule has 0 aromatic heterocycles. The molecular weight excluding hydrogens is 341 g/mol. The zero-order chi connectivity index (χ0) is 19.2. The number of rotatable bonds is 6. The highest BCUT2D eigenvalue weighted by molar-refractivity contribution is 5.94. The Morgan fingerprint density at radius 1 is 1.11 bits per heavy atom. The number of anilines is 1. The average molecular weight is 369 g/mol. The number of halogens is 1. The molecule has 1 atom stereocenters. The molecular formula is C22H28FN3O. The van der Waals surface area contributed by atoms with Crippen LogP contribution >= 0.6 is 0 Å². The third kappa shape index (κ3) is 5.30. The van der Waals surface area contributed by atoms with Gasteiger partial charge in [-0.2, -0.15) is 0 Å². The second-order valence-electron chi connectivity index (χ2n) is 7.22. The van der Waals surface area contributed by atoms with Crippen molar-refractivity contribution in [1.82, 2.24) is 10.2 Å². The van der Waals surface area contributed by atoms with E-state index in [1.807, 2.05) is 37.3 Å². The first-order valence-corrected chi connectivity index (χ1v) is 9.68. The van der Waals surface area contributed by atoms with Gasteiger partial charge in [0.1, 0.15) is 5.82 Å². The summed E-state index contributed by atoms with van der Waals surface area (Å²) in [4.78, 5) is 17.0. The zero-order valence-electron chi connectivity index (χ0n) is 16.1. The van der Waals surface area contributed by atoms with Crippen LogP contribution in [-0.2, 0) is 6.54 Å². The molecule has 0 radical (unpaired) electrons. The van der Waals surface area contributed by atoms with Gasteiger partial charge in [0.05, 0.1) is 0 Å². The van der Waals surface area contributed by atoms with Crippen LogP contribution in [0.5, 0.6) is 0 Å². The van der Waals surface area contributed by atoms with Gasteiger partial charge in [-0.1, -0.05) is 19.1 Å². The number of carbonyl (C=O) groups excluding carboxylic acids is 1. The Morgan fingerprint density at radius 3 is 2.48 bits per heavy atom. The number of nitrogens with one attached hydrogen (secondary N) is 1. The molecule has 1 unspecified atom stereocenters. The molecule has 1 fully saturated rings. The van der Waals surface area contributed by atoms with Gasteiger partial charge in [-0.05, 0) is 55.3 Å². The van der Waals surface area contributed by atoms with Crippen molar-refractivity contribution < 1.29 is 9.18 Å². The van der Waals surface area contributed by atoms with E-state index < -0.39 is 0 Å². The van der Waals surface area contributed by atoms with Crippen LogP contribution in [0.3, 0.4) is 0 Å². The third-order valence-electron chi connectivity index (χ3n) is 5.15. The number of hydrogen-bond acceptors (Lipinski definition) is 3. The number of nitrogens with zero attached hydrogens (tertiary/aromatic N) is 2. The summed E-state index contributed by atoms with van der Waals surface area (Å²) >= 11 is 0. The van der Waals surface area contributed by atoms with Crippen molar-refractivity contribution in [2.75, 3.05) is 31.1 Å². The lowest BCUT2D eigenvalue weighted by molar-refractivity contribution is 0.0939. The summed E-state index contributed by atoms with van der Waals surface area (Å²) in [5.41, 5.74) is 2.94. The van der Waals surface area contributed by atoms with E-state index in [0.717, 1.165) is 56.0 Å². The maximum absolute atomic E-state index is 13.1. The van der Waals surface area contributed by atoms with Crippen LogP contribution in [0, 0.1) is 5.82 Å². The second kappa shape index (κ2) is 9.00. The van der Waals surface area contributed by atoms with Gasteiger partial charge in [-0.3, -0.25) is 9.69 Å². The smallest absolute Gasteiger partial charge is 0.251 e. The number of carbonyl (C=O) groups is 1. The number of amides is 1. The molecule has 1 aliphatic rings. The first-order chi connectivity index (χ1) is 13.0. The van der Waals surface area contributed by atoms with Gasteiger partial charge in [0.2, 0.25) is 0 Å². The van der Waals surface area contributed by atoms with E-state index in [4.69, 9.17) is 0 Å². The fourth-order valence-corrected chi connectivity index (χ4v) is 3.29. The van der Waals surface area contributed by atoms with Crippen LogP contribution in [0.1, 0.15) is 36.2 Å². The summed E-state index contributed by atoms with van der Waals surface area (Å²) in [6.07, 6.45) is 0.920. The molecule has 0 bridgehead atoms. The van der Waals surface area contributed by atoms with E-state index in [1.165, 1.54) is 12.1 Å². The van der Waals surface area contributed by atoms with Gasteiger partial charge >= 0.3 is 0 Å². The highest BCUT2D eigenvalue weighted by Gasteiger charge is 2.18. The molecule has 1 N–H and O–H groups in total. The molecule has 1 amide bonds. The van der Waals surface area contributed by atoms with E-state index in [9.17, 15) is 9.18 Å². The number of hydrogen-bond donors (Lipinski definition) is 1. The standard InChI is InChI=1S/C22H28FN3O/c1-3-17(2)24-22(27)19-6-4-5-18(15-19)16-25-11-13-26(14-12-25)21-9-7-20(23)8-10-21/h4-10,15,17H,3,11-14,16H2,1-2H3,(H,24,27). The molecule has 1 heterocycles. The van der Waals surface area contributed by atoms with E-state index in [1.54, 1.807) is 0 Å². The summed E-state index contributed by atoms with van der Waals surface area (Å²) < 4.78 is 13.1. The van der Waals surface area contributed by atoms with Crippen molar-refractivity contribution in [3.63, 3.8) is 0 Å². The summed E-state index contributed by atoms with van der Waals surface area (Å²) in [6.45, 7) is 8.64. The minimum absolute atomic E-state index is 0.00710. The molecule has 0 aliphatic carbocycles. The van der Waals surface area contributed by atoms with Crippen molar-refractivity contribution in [2.45, 2.75) is 32.9 Å². The molecule has 3 rings (SSSR count). The highest BCUT2D eigenvalue weighted by Crippen LogP contribution is 2.18. The van der Waals surface area contributed by atoms with Gasteiger partial charge in [0, 0.05) is 50.0 Å². The monoisotopic (exact) mass is 369 g/mol. The Labute approximate surface area is 161 Å². The van der Waals surface area contributed by atoms with Crippen molar-refractivity contribution in [1.29, 1.82) is 0 Å². The molecule has 27 heavy (non-hydrogen) atoms. The van der Waals surface area contributed by atoms with E-state index in [-0.39, 0.29) is 17.8 Å². The van der Waals surface area contributed by atoms with Crippen LogP contribution in [-0.4, -0.2) is 43.0 Å². The topological polar surface area (TPSA) is 35.6 Å². The summed E-state index contributed by atoms with van der Waals surface area (Å²) in [6, 6.07) is 14.8. The maximum atomic E-state index is 13.1. The molecule has 1 saturated heterocycles. The van der Waals surface area contributed by atoms with E-state index in [0.29, 0.717) is 0 Å². The minimum Gasteiger partial charge on any atom is -0.369 e. The Morgan fingerprint density at radius 2 is 1.81 bits per heavy atom. The lowest BCUT2D eigenvalue weighted by atomic mass is 10.1. The van der Waals surface area contributed by atoms with Gasteiger partial charge in [-0.15, -0.1) is 0 Å². The zero-order valence-corrected chi connectivity index (χ0v) is 16.1. The quantitative estimate of drug-likeness (QED) is 0.844.